The maximum absolute atomic E-state index is 12.2. The number of hydrogen-bond donors (Lipinski definition) is 2. The van der Waals surface area contributed by atoms with Gasteiger partial charge in [0.2, 0.25) is 5.09 Å². The zero-order chi connectivity index (χ0) is 16.3. The summed E-state index contributed by atoms with van der Waals surface area (Å²) in [6, 6.07) is 6.21. The second-order valence-electron chi connectivity index (χ2n) is 5.33. The van der Waals surface area contributed by atoms with E-state index in [0.717, 1.165) is 11.3 Å². The van der Waals surface area contributed by atoms with Gasteiger partial charge in [0.15, 0.2) is 5.76 Å². The molecule has 8 heteroatoms. The highest BCUT2D eigenvalue weighted by atomic mass is 32.2. The van der Waals surface area contributed by atoms with Gasteiger partial charge in [0.05, 0.1) is 6.04 Å². The summed E-state index contributed by atoms with van der Waals surface area (Å²) in [6.45, 7) is 4.14. The van der Waals surface area contributed by atoms with Crippen LogP contribution in [0.2, 0.25) is 0 Å². The molecule has 0 saturated carbocycles. The fraction of sp³-hybridized carbons (Fsp3) is 0.357. The Morgan fingerprint density at radius 2 is 2.09 bits per heavy atom. The second kappa shape index (κ2) is 6.64. The molecule has 22 heavy (non-hydrogen) atoms. The number of nitrogens with two attached hydrogens (primary N) is 1. The first kappa shape index (κ1) is 16.7. The zero-order valence-corrected chi connectivity index (χ0v) is 13.9. The predicted octanol–water partition coefficient (Wildman–Crippen LogP) is 2.51. The van der Waals surface area contributed by atoms with E-state index in [0.29, 0.717) is 5.92 Å². The number of primary sulfonamides is 1. The molecule has 0 unspecified atom stereocenters. The summed E-state index contributed by atoms with van der Waals surface area (Å²) in [5, 5.41) is 9.36. The molecule has 120 valence electrons. The van der Waals surface area contributed by atoms with E-state index in [1.165, 1.54) is 12.1 Å². The number of furan rings is 1. The van der Waals surface area contributed by atoms with Gasteiger partial charge in [-0.25, -0.2) is 13.6 Å². The van der Waals surface area contributed by atoms with Crippen molar-refractivity contribution in [3.63, 3.8) is 0 Å². The molecule has 0 aliphatic carbocycles. The molecule has 0 fully saturated rings. The van der Waals surface area contributed by atoms with Crippen LogP contribution in [0, 0.1) is 5.92 Å². The molecule has 3 N–H and O–H groups in total. The van der Waals surface area contributed by atoms with Crippen LogP contribution in [0.5, 0.6) is 0 Å². The van der Waals surface area contributed by atoms with Gasteiger partial charge in [-0.05, 0) is 35.9 Å². The lowest BCUT2D eigenvalue weighted by Crippen LogP contribution is -2.28. The van der Waals surface area contributed by atoms with Crippen molar-refractivity contribution in [2.24, 2.45) is 11.1 Å². The highest BCUT2D eigenvalue weighted by molar-refractivity contribution is 7.89. The molecule has 0 spiro atoms. The maximum atomic E-state index is 12.2. The lowest BCUT2D eigenvalue weighted by Gasteiger charge is -2.18. The van der Waals surface area contributed by atoms with Gasteiger partial charge in [-0.15, -0.1) is 11.3 Å². The van der Waals surface area contributed by atoms with Gasteiger partial charge in [0, 0.05) is 4.88 Å². The Bertz CT molecular complexity index is 733. The van der Waals surface area contributed by atoms with Crippen molar-refractivity contribution in [2.45, 2.75) is 31.4 Å². The highest BCUT2D eigenvalue weighted by Gasteiger charge is 2.22. The monoisotopic (exact) mass is 342 g/mol. The number of amides is 1. The molecule has 2 aromatic heterocycles. The summed E-state index contributed by atoms with van der Waals surface area (Å²) in [7, 11) is -3.95. The number of carbonyl (C=O) groups is 1. The van der Waals surface area contributed by atoms with Gasteiger partial charge >= 0.3 is 0 Å². The van der Waals surface area contributed by atoms with Gasteiger partial charge in [-0.3, -0.25) is 4.79 Å². The summed E-state index contributed by atoms with van der Waals surface area (Å²) in [4.78, 5) is 13.3. The van der Waals surface area contributed by atoms with Crippen LogP contribution in [0.4, 0.5) is 0 Å². The van der Waals surface area contributed by atoms with Gasteiger partial charge in [-0.2, -0.15) is 0 Å². The van der Waals surface area contributed by atoms with Crippen LogP contribution in [0.3, 0.4) is 0 Å². The summed E-state index contributed by atoms with van der Waals surface area (Å²) in [5.41, 5.74) is 0. The van der Waals surface area contributed by atoms with E-state index in [2.05, 4.69) is 19.2 Å². The van der Waals surface area contributed by atoms with Crippen LogP contribution >= 0.6 is 11.3 Å². The number of carbonyl (C=O) groups excluding carboxylic acids is 1. The second-order valence-corrected chi connectivity index (χ2v) is 7.81. The lowest BCUT2D eigenvalue weighted by molar-refractivity contribution is 0.0899. The van der Waals surface area contributed by atoms with E-state index in [4.69, 9.17) is 9.56 Å². The van der Waals surface area contributed by atoms with Crippen LogP contribution < -0.4 is 10.5 Å². The minimum absolute atomic E-state index is 0.0747. The van der Waals surface area contributed by atoms with Gasteiger partial charge < -0.3 is 9.73 Å². The first-order chi connectivity index (χ1) is 10.3. The Hall–Kier alpha value is -1.64. The molecule has 1 atom stereocenters. The molecule has 0 bridgehead atoms. The third-order valence-electron chi connectivity index (χ3n) is 2.98. The van der Waals surface area contributed by atoms with E-state index in [1.54, 1.807) is 11.3 Å². The van der Waals surface area contributed by atoms with Crippen LogP contribution in [0.1, 0.15) is 41.7 Å². The lowest BCUT2D eigenvalue weighted by atomic mass is 10.0. The molecule has 0 aliphatic heterocycles. The molecular formula is C14H18N2O4S2. The van der Waals surface area contributed by atoms with Crippen LogP contribution in [-0.2, 0) is 10.0 Å². The molecule has 0 aromatic carbocycles. The van der Waals surface area contributed by atoms with Crippen molar-refractivity contribution in [3.8, 4) is 0 Å². The fourth-order valence-electron chi connectivity index (χ4n) is 2.03. The molecule has 0 aliphatic rings. The molecular weight excluding hydrogens is 324 g/mol. The third-order valence-corrected chi connectivity index (χ3v) is 4.75. The number of thiophene rings is 1. The Kier molecular flexibility index (Phi) is 5.05. The van der Waals surface area contributed by atoms with E-state index >= 15 is 0 Å². The summed E-state index contributed by atoms with van der Waals surface area (Å²) in [6.07, 6.45) is 0.773. The number of nitrogens with one attached hydrogen (secondary N) is 1. The average molecular weight is 342 g/mol. The van der Waals surface area contributed by atoms with Crippen LogP contribution in [0.25, 0.3) is 0 Å². The SMILES string of the molecule is CC(C)C[C@H](NC(=O)c1ccc(S(N)(=O)=O)o1)c1cccs1. The molecule has 6 nitrogen and oxygen atoms in total. The van der Waals surface area contributed by atoms with Crippen molar-refractivity contribution >= 4 is 27.3 Å². The standard InChI is InChI=1S/C14H18N2O4S2/c1-9(2)8-10(12-4-3-7-21-12)16-14(17)11-5-6-13(20-11)22(15,18)19/h3-7,9-10H,8H2,1-2H3,(H,16,17)(H2,15,18,19)/t10-/m0/s1. The van der Waals surface area contributed by atoms with Crippen molar-refractivity contribution in [2.75, 3.05) is 0 Å². The predicted molar refractivity (Wildman–Crippen MR) is 84.1 cm³/mol. The molecule has 2 rings (SSSR count). The van der Waals surface area contributed by atoms with E-state index in [1.807, 2.05) is 17.5 Å². The third kappa shape index (κ3) is 4.19. The van der Waals surface area contributed by atoms with Crippen molar-refractivity contribution in [3.05, 3.63) is 40.3 Å². The summed E-state index contributed by atoms with van der Waals surface area (Å²) in [5.74, 6) is -0.146. The molecule has 1 amide bonds. The number of sulfonamides is 1. The topological polar surface area (TPSA) is 102 Å². The fourth-order valence-corrected chi connectivity index (χ4v) is 3.29. The first-order valence-electron chi connectivity index (χ1n) is 6.74. The molecule has 2 heterocycles. The van der Waals surface area contributed by atoms with Crippen molar-refractivity contribution in [1.29, 1.82) is 0 Å². The molecule has 2 aromatic rings. The Labute approximate surface area is 133 Å². The van der Waals surface area contributed by atoms with Gasteiger partial charge in [0.1, 0.15) is 0 Å². The Morgan fingerprint density at radius 3 is 2.59 bits per heavy atom. The van der Waals surface area contributed by atoms with Crippen molar-refractivity contribution < 1.29 is 17.6 Å². The largest absolute Gasteiger partial charge is 0.438 e. The Balaban J connectivity index is 2.16. The van der Waals surface area contributed by atoms with Crippen molar-refractivity contribution in [1.82, 2.24) is 5.32 Å². The molecule has 0 radical (unpaired) electrons. The molecule has 0 saturated heterocycles. The summed E-state index contributed by atoms with van der Waals surface area (Å²) < 4.78 is 27.4. The van der Waals surface area contributed by atoms with Gasteiger partial charge in [-0.1, -0.05) is 19.9 Å². The van der Waals surface area contributed by atoms with E-state index in [-0.39, 0.29) is 11.8 Å². The zero-order valence-electron chi connectivity index (χ0n) is 12.3. The highest BCUT2D eigenvalue weighted by Crippen LogP contribution is 2.26. The quantitative estimate of drug-likeness (QED) is 0.842. The maximum Gasteiger partial charge on any atom is 0.287 e. The van der Waals surface area contributed by atoms with Crippen LogP contribution in [-0.4, -0.2) is 14.3 Å². The smallest absolute Gasteiger partial charge is 0.287 e. The Morgan fingerprint density at radius 1 is 1.36 bits per heavy atom. The average Bonchev–Trinajstić information content (AvgIpc) is 3.08. The van der Waals surface area contributed by atoms with Crippen LogP contribution in [0.15, 0.2) is 39.2 Å². The summed E-state index contributed by atoms with van der Waals surface area (Å²) >= 11 is 1.56. The normalized spacial score (nSPS) is 13.3. The van der Waals surface area contributed by atoms with Gasteiger partial charge in [0.25, 0.3) is 15.9 Å². The first-order valence-corrected chi connectivity index (χ1v) is 9.17. The van der Waals surface area contributed by atoms with E-state index in [9.17, 15) is 13.2 Å². The van der Waals surface area contributed by atoms with E-state index < -0.39 is 21.0 Å². The minimum atomic E-state index is -3.95. The number of hydrogen-bond acceptors (Lipinski definition) is 5. The number of rotatable bonds is 6. The minimum Gasteiger partial charge on any atom is -0.438 e.